The average Bonchev–Trinajstić information content (AvgIpc) is 3.23. The molecule has 0 amide bonds. The van der Waals surface area contributed by atoms with Gasteiger partial charge in [-0.1, -0.05) is 24.3 Å². The second-order valence-corrected chi connectivity index (χ2v) is 7.41. The van der Waals surface area contributed by atoms with Gasteiger partial charge in [-0.3, -0.25) is 4.79 Å². The lowest BCUT2D eigenvalue weighted by molar-refractivity contribution is -0.122. The predicted octanol–water partition coefficient (Wildman–Crippen LogP) is 4.25. The molecule has 1 aliphatic heterocycles. The molecule has 0 fully saturated rings. The minimum Gasteiger partial charge on any atom is -0.496 e. The van der Waals surface area contributed by atoms with Crippen molar-refractivity contribution in [2.24, 2.45) is 10.7 Å². The molecule has 0 radical (unpaired) electrons. The molecule has 0 aliphatic carbocycles. The maximum atomic E-state index is 14.9. The molecule has 1 unspecified atom stereocenters. The van der Waals surface area contributed by atoms with E-state index < -0.39 is 17.2 Å². The monoisotopic (exact) mass is 470 g/mol. The van der Waals surface area contributed by atoms with Crippen molar-refractivity contribution in [1.82, 2.24) is 0 Å². The molecular formula is C25H24F2N2O5. The third kappa shape index (κ3) is 4.50. The summed E-state index contributed by atoms with van der Waals surface area (Å²) in [7, 11) is 2.96. The van der Waals surface area contributed by atoms with E-state index in [4.69, 9.17) is 29.8 Å². The topological polar surface area (TPSA) is 103 Å². The first-order valence-corrected chi connectivity index (χ1v) is 10.1. The molecule has 178 valence electrons. The lowest BCUT2D eigenvalue weighted by Gasteiger charge is -2.27. The number of ether oxygens (including phenoxy) is 3. The van der Waals surface area contributed by atoms with E-state index in [1.165, 1.54) is 25.3 Å². The first-order chi connectivity index (χ1) is 16.3. The van der Waals surface area contributed by atoms with Gasteiger partial charge >= 0.3 is 0 Å². The zero-order valence-electron chi connectivity index (χ0n) is 18.8. The van der Waals surface area contributed by atoms with Gasteiger partial charge in [-0.2, -0.15) is 0 Å². The smallest absolute Gasteiger partial charge is 0.290 e. The Hall–Kier alpha value is -4.14. The molecule has 3 aromatic carbocycles. The summed E-state index contributed by atoms with van der Waals surface area (Å²) >= 11 is 0. The van der Waals surface area contributed by atoms with Crippen molar-refractivity contribution < 1.29 is 32.9 Å². The second-order valence-electron chi connectivity index (χ2n) is 7.41. The standard InChI is InChI=1S/C24H22F2N2O3.CH2O2/c1-14-11-15(8-10-20(14)29-2)24(13-31-23(27)28-24)16-7-9-19(25)18(12-16)17-5-4-6-21(30-3)22(17)26;2-1-3/h4-12H,13H2,1-3H3,(H2,27,28);1H,(H,2,3). The molecule has 1 heterocycles. The number of nitrogens with zero attached hydrogens (tertiary/aromatic N) is 1. The minimum atomic E-state index is -1.00. The number of amidine groups is 1. The van der Waals surface area contributed by atoms with E-state index in [2.05, 4.69) is 4.99 Å². The minimum absolute atomic E-state index is 0.0342. The SMILES string of the molecule is COc1ccc(C2(c3ccc(F)c(-c4cccc(OC)c4F)c3)COC(N)=N2)cc1C.O=CO. The molecule has 9 heteroatoms. The van der Waals surface area contributed by atoms with Crippen LogP contribution in [-0.4, -0.2) is 38.4 Å². The Morgan fingerprint density at radius 3 is 2.26 bits per heavy atom. The number of aryl methyl sites for hydroxylation is 1. The summed E-state index contributed by atoms with van der Waals surface area (Å²) in [6.45, 7) is 1.80. The molecule has 34 heavy (non-hydrogen) atoms. The summed E-state index contributed by atoms with van der Waals surface area (Å²) in [6.07, 6.45) is 0. The fourth-order valence-electron chi connectivity index (χ4n) is 3.89. The molecule has 4 rings (SSSR count). The first-order valence-electron chi connectivity index (χ1n) is 10.1. The van der Waals surface area contributed by atoms with Crippen LogP contribution >= 0.6 is 0 Å². The molecule has 1 aliphatic rings. The summed E-state index contributed by atoms with van der Waals surface area (Å²) < 4.78 is 45.6. The molecule has 0 spiro atoms. The number of rotatable bonds is 5. The number of halogens is 2. The van der Waals surface area contributed by atoms with E-state index >= 15 is 0 Å². The van der Waals surface area contributed by atoms with Gasteiger partial charge in [-0.15, -0.1) is 0 Å². The van der Waals surface area contributed by atoms with Gasteiger partial charge < -0.3 is 25.1 Å². The van der Waals surface area contributed by atoms with Gasteiger partial charge in [-0.05, 0) is 53.9 Å². The van der Waals surface area contributed by atoms with E-state index in [-0.39, 0.29) is 36.0 Å². The van der Waals surface area contributed by atoms with Crippen LogP contribution in [0.2, 0.25) is 0 Å². The van der Waals surface area contributed by atoms with Crippen LogP contribution in [0.3, 0.4) is 0 Å². The van der Waals surface area contributed by atoms with Crippen LogP contribution < -0.4 is 15.2 Å². The van der Waals surface area contributed by atoms with Gasteiger partial charge in [0.2, 0.25) is 0 Å². The van der Waals surface area contributed by atoms with Gasteiger partial charge in [-0.25, -0.2) is 13.8 Å². The van der Waals surface area contributed by atoms with E-state index in [1.54, 1.807) is 25.3 Å². The number of hydrogen-bond acceptors (Lipinski definition) is 6. The Bertz CT molecular complexity index is 1230. The highest BCUT2D eigenvalue weighted by Gasteiger charge is 2.41. The summed E-state index contributed by atoms with van der Waals surface area (Å²) in [5.74, 6) is -0.434. The Labute approximate surface area is 195 Å². The predicted molar refractivity (Wildman–Crippen MR) is 123 cm³/mol. The van der Waals surface area contributed by atoms with Crippen molar-refractivity contribution in [1.29, 1.82) is 0 Å². The van der Waals surface area contributed by atoms with Crippen LogP contribution in [0.4, 0.5) is 8.78 Å². The van der Waals surface area contributed by atoms with Gasteiger partial charge in [0, 0.05) is 11.1 Å². The average molecular weight is 470 g/mol. The number of aliphatic imine (C=N–C) groups is 1. The first kappa shape index (κ1) is 24.5. The van der Waals surface area contributed by atoms with Crippen LogP contribution in [0.25, 0.3) is 11.1 Å². The van der Waals surface area contributed by atoms with Crippen molar-refractivity contribution in [3.63, 3.8) is 0 Å². The summed E-state index contributed by atoms with van der Waals surface area (Å²) in [5, 5.41) is 6.89. The lowest BCUT2D eigenvalue weighted by atomic mass is 9.82. The Balaban J connectivity index is 0.00000103. The highest BCUT2D eigenvalue weighted by atomic mass is 19.1. The van der Waals surface area contributed by atoms with Crippen molar-refractivity contribution in [2.75, 3.05) is 20.8 Å². The number of carboxylic acid groups (broad SMARTS) is 1. The fourth-order valence-corrected chi connectivity index (χ4v) is 3.89. The van der Waals surface area contributed by atoms with Gasteiger partial charge in [0.15, 0.2) is 17.1 Å². The molecule has 0 saturated carbocycles. The molecule has 0 bridgehead atoms. The van der Waals surface area contributed by atoms with Crippen molar-refractivity contribution in [3.05, 3.63) is 82.9 Å². The molecule has 3 N–H and O–H groups in total. The van der Waals surface area contributed by atoms with Crippen LogP contribution in [0.1, 0.15) is 16.7 Å². The molecule has 7 nitrogen and oxygen atoms in total. The van der Waals surface area contributed by atoms with Crippen molar-refractivity contribution in [2.45, 2.75) is 12.5 Å². The third-order valence-corrected chi connectivity index (χ3v) is 5.52. The normalized spacial score (nSPS) is 16.6. The van der Waals surface area contributed by atoms with E-state index in [1.807, 2.05) is 25.1 Å². The lowest BCUT2D eigenvalue weighted by Crippen LogP contribution is -2.27. The number of benzene rings is 3. The molecule has 3 aromatic rings. The largest absolute Gasteiger partial charge is 0.496 e. The summed E-state index contributed by atoms with van der Waals surface area (Å²) in [4.78, 5) is 12.9. The Morgan fingerprint density at radius 2 is 1.68 bits per heavy atom. The molecule has 1 atom stereocenters. The summed E-state index contributed by atoms with van der Waals surface area (Å²) in [5.41, 5.74) is 7.39. The number of methoxy groups -OCH3 is 2. The summed E-state index contributed by atoms with van der Waals surface area (Å²) in [6, 6.07) is 14.8. The molecular weight excluding hydrogens is 446 g/mol. The maximum absolute atomic E-state index is 14.9. The van der Waals surface area contributed by atoms with Gasteiger partial charge in [0.1, 0.15) is 18.2 Å². The highest BCUT2D eigenvalue weighted by Crippen LogP contribution is 2.41. The van der Waals surface area contributed by atoms with E-state index in [0.717, 1.165) is 16.9 Å². The van der Waals surface area contributed by atoms with E-state index in [9.17, 15) is 8.78 Å². The van der Waals surface area contributed by atoms with Crippen LogP contribution in [0.5, 0.6) is 11.5 Å². The fraction of sp³-hybridized carbons (Fsp3) is 0.200. The zero-order chi connectivity index (χ0) is 24.9. The maximum Gasteiger partial charge on any atom is 0.290 e. The molecule has 0 saturated heterocycles. The number of nitrogens with two attached hydrogens (primary N) is 1. The van der Waals surface area contributed by atoms with Gasteiger partial charge in [0.25, 0.3) is 12.5 Å². The van der Waals surface area contributed by atoms with Crippen LogP contribution in [0, 0.1) is 18.6 Å². The van der Waals surface area contributed by atoms with Crippen molar-refractivity contribution >= 4 is 12.5 Å². The third-order valence-electron chi connectivity index (χ3n) is 5.52. The molecule has 0 aromatic heterocycles. The highest BCUT2D eigenvalue weighted by molar-refractivity contribution is 5.76. The Morgan fingerprint density at radius 1 is 1.03 bits per heavy atom. The van der Waals surface area contributed by atoms with Crippen molar-refractivity contribution in [3.8, 4) is 22.6 Å². The van der Waals surface area contributed by atoms with Crippen LogP contribution in [-0.2, 0) is 15.1 Å². The number of hydrogen-bond donors (Lipinski definition) is 2. The van der Waals surface area contributed by atoms with Crippen LogP contribution in [0.15, 0.2) is 59.6 Å². The zero-order valence-corrected chi connectivity index (χ0v) is 18.8. The quantitative estimate of drug-likeness (QED) is 0.541. The Kier molecular flexibility index (Phi) is 7.35. The van der Waals surface area contributed by atoms with E-state index in [0.29, 0.717) is 5.56 Å². The second kappa shape index (κ2) is 10.2. The number of carbonyl (C=O) groups is 1. The van der Waals surface area contributed by atoms with Gasteiger partial charge in [0.05, 0.1) is 14.2 Å².